The van der Waals surface area contributed by atoms with Gasteiger partial charge in [-0.2, -0.15) is 0 Å². The van der Waals surface area contributed by atoms with E-state index in [1.807, 2.05) is 10.6 Å². The summed E-state index contributed by atoms with van der Waals surface area (Å²) in [5.41, 5.74) is -1.55. The molecule has 0 radical (unpaired) electrons. The van der Waals surface area contributed by atoms with Gasteiger partial charge in [0.05, 0.1) is 6.61 Å². The molecule has 0 aliphatic carbocycles. The maximum atomic E-state index is 11.5. The van der Waals surface area contributed by atoms with Crippen molar-refractivity contribution in [2.75, 3.05) is 6.61 Å². The Hall–Kier alpha value is -1.43. The quantitative estimate of drug-likeness (QED) is 0.497. The van der Waals surface area contributed by atoms with Gasteiger partial charge in [-0.05, 0) is 5.92 Å². The lowest BCUT2D eigenvalue weighted by Gasteiger charge is -2.35. The molecular formula is C8H12N2O4. The van der Waals surface area contributed by atoms with Crippen LogP contribution in [0.2, 0.25) is 0 Å². The van der Waals surface area contributed by atoms with E-state index in [-0.39, 0.29) is 5.92 Å². The minimum absolute atomic E-state index is 0.388. The van der Waals surface area contributed by atoms with Crippen LogP contribution in [0.15, 0.2) is 0 Å². The van der Waals surface area contributed by atoms with Gasteiger partial charge in [0, 0.05) is 0 Å². The van der Waals surface area contributed by atoms with Crippen molar-refractivity contribution in [3.8, 4) is 0 Å². The fourth-order valence-corrected chi connectivity index (χ4v) is 1.41. The van der Waals surface area contributed by atoms with Crippen LogP contribution in [0.25, 0.3) is 0 Å². The molecule has 0 bridgehead atoms. The van der Waals surface area contributed by atoms with Gasteiger partial charge in [0.15, 0.2) is 5.41 Å². The SMILES string of the molecule is CC(C)C1(CO)C(=O)NC(=O)NC1=O. The average molecular weight is 200 g/mol. The number of carbonyl (C=O) groups is 3. The second-order valence-corrected chi connectivity index (χ2v) is 3.52. The van der Waals surface area contributed by atoms with Crippen LogP contribution in [0.5, 0.6) is 0 Å². The predicted octanol–water partition coefficient (Wildman–Crippen LogP) is -1.01. The van der Waals surface area contributed by atoms with Gasteiger partial charge >= 0.3 is 6.03 Å². The van der Waals surface area contributed by atoms with Gasteiger partial charge < -0.3 is 5.11 Å². The Morgan fingerprint density at radius 1 is 1.21 bits per heavy atom. The monoisotopic (exact) mass is 200 g/mol. The predicted molar refractivity (Wildman–Crippen MR) is 46.0 cm³/mol. The van der Waals surface area contributed by atoms with Crippen molar-refractivity contribution in [1.82, 2.24) is 10.6 Å². The summed E-state index contributed by atoms with van der Waals surface area (Å²) in [5.74, 6) is -1.88. The molecule has 0 spiro atoms. The van der Waals surface area contributed by atoms with Crippen LogP contribution >= 0.6 is 0 Å². The van der Waals surface area contributed by atoms with E-state index in [0.29, 0.717) is 0 Å². The summed E-state index contributed by atoms with van der Waals surface area (Å²) in [5, 5.41) is 13.0. The zero-order valence-corrected chi connectivity index (χ0v) is 7.96. The molecule has 0 aromatic heterocycles. The molecule has 1 aliphatic heterocycles. The van der Waals surface area contributed by atoms with Gasteiger partial charge in [0.25, 0.3) is 0 Å². The van der Waals surface area contributed by atoms with Crippen molar-refractivity contribution in [2.45, 2.75) is 13.8 Å². The van der Waals surface area contributed by atoms with E-state index in [0.717, 1.165) is 0 Å². The number of amides is 4. The lowest BCUT2D eigenvalue weighted by molar-refractivity contribution is -0.150. The summed E-state index contributed by atoms with van der Waals surface area (Å²) in [6, 6.07) is -0.843. The number of hydrogen-bond acceptors (Lipinski definition) is 4. The van der Waals surface area contributed by atoms with Crippen molar-refractivity contribution < 1.29 is 19.5 Å². The maximum Gasteiger partial charge on any atom is 0.328 e. The second kappa shape index (κ2) is 3.38. The summed E-state index contributed by atoms with van der Waals surface area (Å²) in [6.45, 7) is 2.64. The third kappa shape index (κ3) is 1.27. The molecule has 0 aromatic carbocycles. The molecule has 0 aromatic rings. The highest BCUT2D eigenvalue weighted by atomic mass is 16.3. The summed E-state index contributed by atoms with van der Waals surface area (Å²) < 4.78 is 0. The maximum absolute atomic E-state index is 11.5. The van der Waals surface area contributed by atoms with Crippen molar-refractivity contribution in [2.24, 2.45) is 11.3 Å². The third-order valence-electron chi connectivity index (χ3n) is 2.50. The van der Waals surface area contributed by atoms with Crippen LogP contribution in [-0.2, 0) is 9.59 Å². The highest BCUT2D eigenvalue weighted by molar-refractivity contribution is 6.19. The lowest BCUT2D eigenvalue weighted by atomic mass is 9.75. The molecule has 0 atom stereocenters. The first kappa shape index (κ1) is 10.6. The zero-order chi connectivity index (χ0) is 10.9. The fraction of sp³-hybridized carbons (Fsp3) is 0.625. The zero-order valence-electron chi connectivity index (χ0n) is 7.96. The number of carbonyl (C=O) groups excluding carboxylic acids is 3. The lowest BCUT2D eigenvalue weighted by Crippen LogP contribution is -2.65. The number of barbiturate groups is 1. The third-order valence-corrected chi connectivity index (χ3v) is 2.50. The van der Waals surface area contributed by atoms with E-state index in [2.05, 4.69) is 0 Å². The molecule has 1 fully saturated rings. The van der Waals surface area contributed by atoms with Crippen molar-refractivity contribution >= 4 is 17.8 Å². The van der Waals surface area contributed by atoms with Gasteiger partial charge in [-0.1, -0.05) is 13.8 Å². The number of aliphatic hydroxyl groups excluding tert-OH is 1. The molecule has 1 saturated heterocycles. The highest BCUT2D eigenvalue weighted by Gasteiger charge is 2.52. The normalized spacial score (nSPS) is 20.7. The second-order valence-electron chi connectivity index (χ2n) is 3.52. The average Bonchev–Trinajstić information content (AvgIpc) is 2.03. The van der Waals surface area contributed by atoms with E-state index in [1.54, 1.807) is 13.8 Å². The smallest absolute Gasteiger partial charge is 0.328 e. The van der Waals surface area contributed by atoms with Crippen LogP contribution in [0, 0.1) is 11.3 Å². The van der Waals surface area contributed by atoms with E-state index < -0.39 is 29.9 Å². The first-order chi connectivity index (χ1) is 6.45. The number of urea groups is 1. The molecule has 0 unspecified atom stereocenters. The minimum Gasteiger partial charge on any atom is -0.395 e. The summed E-state index contributed by atoms with van der Waals surface area (Å²) in [6.07, 6.45) is 0. The highest BCUT2D eigenvalue weighted by Crippen LogP contribution is 2.29. The number of hydrogen-bond donors (Lipinski definition) is 3. The summed E-state index contributed by atoms with van der Waals surface area (Å²) in [7, 11) is 0. The largest absolute Gasteiger partial charge is 0.395 e. The van der Waals surface area contributed by atoms with Gasteiger partial charge in [-0.25, -0.2) is 4.79 Å². The van der Waals surface area contributed by atoms with Gasteiger partial charge in [0.1, 0.15) is 0 Å². The van der Waals surface area contributed by atoms with Gasteiger partial charge in [-0.3, -0.25) is 20.2 Å². The minimum atomic E-state index is -1.55. The Kier molecular flexibility index (Phi) is 2.57. The topological polar surface area (TPSA) is 95.5 Å². The summed E-state index contributed by atoms with van der Waals surface area (Å²) in [4.78, 5) is 33.7. The molecule has 78 valence electrons. The van der Waals surface area contributed by atoms with Crippen molar-refractivity contribution in [3.63, 3.8) is 0 Å². The van der Waals surface area contributed by atoms with Crippen molar-refractivity contribution in [3.05, 3.63) is 0 Å². The molecule has 0 saturated carbocycles. The van der Waals surface area contributed by atoms with E-state index >= 15 is 0 Å². The van der Waals surface area contributed by atoms with Crippen LogP contribution < -0.4 is 10.6 Å². The Morgan fingerprint density at radius 3 is 1.93 bits per heavy atom. The number of aliphatic hydroxyl groups is 1. The number of rotatable bonds is 2. The Labute approximate surface area is 80.7 Å². The van der Waals surface area contributed by atoms with Crippen molar-refractivity contribution in [1.29, 1.82) is 0 Å². The van der Waals surface area contributed by atoms with Crippen LogP contribution in [0.3, 0.4) is 0 Å². The Bertz CT molecular complexity index is 278. The first-order valence-electron chi connectivity index (χ1n) is 4.23. The van der Waals surface area contributed by atoms with E-state index in [4.69, 9.17) is 5.11 Å². The molecule has 1 heterocycles. The number of nitrogens with one attached hydrogen (secondary N) is 2. The number of imide groups is 2. The Balaban J connectivity index is 3.11. The van der Waals surface area contributed by atoms with Gasteiger partial charge in [-0.15, -0.1) is 0 Å². The molecular weight excluding hydrogens is 188 g/mol. The molecule has 14 heavy (non-hydrogen) atoms. The fourth-order valence-electron chi connectivity index (χ4n) is 1.41. The van der Waals surface area contributed by atoms with Crippen LogP contribution in [0.4, 0.5) is 4.79 Å². The van der Waals surface area contributed by atoms with Gasteiger partial charge in [0.2, 0.25) is 11.8 Å². The molecule has 1 aliphatic rings. The van der Waals surface area contributed by atoms with Crippen LogP contribution in [0.1, 0.15) is 13.8 Å². The van der Waals surface area contributed by atoms with E-state index in [1.165, 1.54) is 0 Å². The van der Waals surface area contributed by atoms with Crippen LogP contribution in [-0.4, -0.2) is 29.6 Å². The standard InChI is InChI=1S/C8H12N2O4/c1-4(2)8(3-11)5(12)9-7(14)10-6(8)13/h4,11H,3H2,1-2H3,(H2,9,10,12,13,14). The van der Waals surface area contributed by atoms with E-state index in [9.17, 15) is 14.4 Å². The summed E-state index contributed by atoms with van der Waals surface area (Å²) >= 11 is 0. The molecule has 1 rings (SSSR count). The Morgan fingerprint density at radius 2 is 1.64 bits per heavy atom. The molecule has 6 nitrogen and oxygen atoms in total. The first-order valence-corrected chi connectivity index (χ1v) is 4.23. The molecule has 4 amide bonds. The molecule has 3 N–H and O–H groups in total. The molecule has 6 heteroatoms.